The Hall–Kier alpha value is -3.67. The number of anilines is 1. The fourth-order valence-corrected chi connectivity index (χ4v) is 3.72. The molecule has 0 saturated carbocycles. The lowest BCUT2D eigenvalue weighted by molar-refractivity contribution is -0.138. The van der Waals surface area contributed by atoms with Crippen LogP contribution in [0.4, 0.5) is 10.6 Å². The van der Waals surface area contributed by atoms with E-state index in [-0.39, 0.29) is 18.3 Å². The van der Waals surface area contributed by atoms with E-state index in [4.69, 9.17) is 4.74 Å². The number of carboxylic acids is 1. The van der Waals surface area contributed by atoms with Gasteiger partial charge < -0.3 is 9.84 Å². The molecular weight excluding hydrogens is 368 g/mol. The first-order valence-corrected chi connectivity index (χ1v) is 9.36. The Balaban J connectivity index is 1.59. The van der Waals surface area contributed by atoms with Gasteiger partial charge in [0.15, 0.2) is 0 Å². The number of pyridine rings is 1. The molecule has 0 aliphatic heterocycles. The van der Waals surface area contributed by atoms with Crippen molar-refractivity contribution in [2.45, 2.75) is 18.9 Å². The van der Waals surface area contributed by atoms with Gasteiger partial charge in [0, 0.05) is 12.1 Å². The summed E-state index contributed by atoms with van der Waals surface area (Å²) >= 11 is 0. The normalized spacial score (nSPS) is 13.3. The van der Waals surface area contributed by atoms with Gasteiger partial charge in [-0.25, -0.2) is 19.5 Å². The molecule has 0 fully saturated rings. The van der Waals surface area contributed by atoms with Crippen molar-refractivity contribution in [3.05, 3.63) is 84.1 Å². The Morgan fingerprint density at radius 3 is 2.14 bits per heavy atom. The molecule has 1 unspecified atom stereocenters. The third-order valence-corrected chi connectivity index (χ3v) is 5.17. The van der Waals surface area contributed by atoms with Gasteiger partial charge >= 0.3 is 12.1 Å². The molecule has 6 heteroatoms. The lowest BCUT2D eigenvalue weighted by atomic mass is 9.98. The monoisotopic (exact) mass is 388 g/mol. The Morgan fingerprint density at radius 2 is 1.59 bits per heavy atom. The van der Waals surface area contributed by atoms with Gasteiger partial charge in [-0.05, 0) is 41.3 Å². The number of carbonyl (C=O) groups excluding carboxylic acids is 1. The van der Waals surface area contributed by atoms with Crippen molar-refractivity contribution in [1.29, 1.82) is 0 Å². The van der Waals surface area contributed by atoms with Crippen LogP contribution in [-0.4, -0.2) is 34.8 Å². The molecular formula is C23H20N2O4. The van der Waals surface area contributed by atoms with E-state index in [0.717, 1.165) is 27.2 Å². The minimum atomic E-state index is -1.14. The number of aromatic nitrogens is 1. The second-order valence-electron chi connectivity index (χ2n) is 6.88. The predicted molar refractivity (Wildman–Crippen MR) is 109 cm³/mol. The van der Waals surface area contributed by atoms with Crippen molar-refractivity contribution in [3.8, 4) is 11.1 Å². The molecule has 6 nitrogen and oxygen atoms in total. The number of fused-ring (bicyclic) bond motifs is 3. The summed E-state index contributed by atoms with van der Waals surface area (Å²) in [4.78, 5) is 29.6. The number of nitrogens with zero attached hydrogens (tertiary/aromatic N) is 2. The molecule has 1 aliphatic rings. The fraction of sp³-hybridized carbons (Fsp3) is 0.174. The van der Waals surface area contributed by atoms with Gasteiger partial charge in [-0.1, -0.05) is 54.6 Å². The van der Waals surface area contributed by atoms with Crippen molar-refractivity contribution >= 4 is 17.9 Å². The van der Waals surface area contributed by atoms with Crippen molar-refractivity contribution in [1.82, 2.24) is 4.98 Å². The van der Waals surface area contributed by atoms with Gasteiger partial charge in [0.1, 0.15) is 18.5 Å². The number of rotatable bonds is 5. The molecule has 4 rings (SSSR count). The number of ether oxygens (including phenoxy) is 1. The number of amides is 1. The van der Waals surface area contributed by atoms with E-state index in [1.165, 1.54) is 13.1 Å². The highest BCUT2D eigenvalue weighted by Crippen LogP contribution is 2.44. The number of carbonyl (C=O) groups is 2. The average Bonchev–Trinajstić information content (AvgIpc) is 3.07. The molecule has 1 amide bonds. The number of hydrogen-bond donors (Lipinski definition) is 1. The minimum Gasteiger partial charge on any atom is -0.480 e. The zero-order valence-electron chi connectivity index (χ0n) is 15.9. The third-order valence-electron chi connectivity index (χ3n) is 5.17. The van der Waals surface area contributed by atoms with E-state index in [2.05, 4.69) is 17.1 Å². The highest BCUT2D eigenvalue weighted by Gasteiger charge is 2.33. The van der Waals surface area contributed by atoms with Crippen LogP contribution in [0.15, 0.2) is 72.9 Å². The largest absolute Gasteiger partial charge is 0.480 e. The van der Waals surface area contributed by atoms with Crippen molar-refractivity contribution in [3.63, 3.8) is 0 Å². The SMILES string of the molecule is CC(C(=O)O)N(C(=O)OCC1c2ccccc2-c2ccccc21)c1ccccn1. The zero-order chi connectivity index (χ0) is 20.4. The Kier molecular flexibility index (Phi) is 4.99. The molecule has 3 aromatic rings. The molecule has 146 valence electrons. The van der Waals surface area contributed by atoms with Crippen LogP contribution in [0.25, 0.3) is 11.1 Å². The van der Waals surface area contributed by atoms with Crippen LogP contribution in [0, 0.1) is 0 Å². The van der Waals surface area contributed by atoms with Crippen LogP contribution in [0.3, 0.4) is 0 Å². The van der Waals surface area contributed by atoms with E-state index in [0.29, 0.717) is 0 Å². The summed E-state index contributed by atoms with van der Waals surface area (Å²) in [5.74, 6) is -0.999. The zero-order valence-corrected chi connectivity index (χ0v) is 15.9. The summed E-state index contributed by atoms with van der Waals surface area (Å²) in [6.45, 7) is 1.54. The molecule has 0 saturated heterocycles. The van der Waals surface area contributed by atoms with Crippen LogP contribution >= 0.6 is 0 Å². The average molecular weight is 388 g/mol. The summed E-state index contributed by atoms with van der Waals surface area (Å²) in [5, 5.41) is 9.43. The molecule has 2 aromatic carbocycles. The summed E-state index contributed by atoms with van der Waals surface area (Å²) in [5.41, 5.74) is 4.45. The smallest absolute Gasteiger partial charge is 0.416 e. The van der Waals surface area contributed by atoms with Gasteiger partial charge in [0.25, 0.3) is 0 Å². The van der Waals surface area contributed by atoms with E-state index in [1.807, 2.05) is 36.4 Å². The van der Waals surface area contributed by atoms with Gasteiger partial charge in [-0.15, -0.1) is 0 Å². The maximum atomic E-state index is 12.9. The van der Waals surface area contributed by atoms with Crippen LogP contribution in [0.1, 0.15) is 24.0 Å². The molecule has 1 aliphatic carbocycles. The summed E-state index contributed by atoms with van der Waals surface area (Å²) in [6, 6.07) is 20.0. The molecule has 0 radical (unpaired) electrons. The topological polar surface area (TPSA) is 79.7 Å². The van der Waals surface area contributed by atoms with Gasteiger partial charge in [-0.3, -0.25) is 0 Å². The molecule has 1 atom stereocenters. The maximum Gasteiger partial charge on any atom is 0.416 e. The van der Waals surface area contributed by atoms with Crippen molar-refractivity contribution in [2.24, 2.45) is 0 Å². The molecule has 1 aromatic heterocycles. The molecule has 0 bridgehead atoms. The number of carboxylic acid groups (broad SMARTS) is 1. The lowest BCUT2D eigenvalue weighted by Crippen LogP contribution is -2.44. The first-order valence-electron chi connectivity index (χ1n) is 9.36. The molecule has 0 spiro atoms. The van der Waals surface area contributed by atoms with E-state index >= 15 is 0 Å². The number of aliphatic carboxylic acids is 1. The molecule has 1 heterocycles. The number of benzene rings is 2. The first kappa shape index (κ1) is 18.7. The summed E-state index contributed by atoms with van der Waals surface area (Å²) < 4.78 is 5.61. The fourth-order valence-electron chi connectivity index (χ4n) is 3.72. The minimum absolute atomic E-state index is 0.0999. The van der Waals surface area contributed by atoms with Crippen LogP contribution in [0.2, 0.25) is 0 Å². The first-order chi connectivity index (χ1) is 14.1. The second kappa shape index (κ2) is 7.75. The Morgan fingerprint density at radius 1 is 1.00 bits per heavy atom. The van der Waals surface area contributed by atoms with Crippen molar-refractivity contribution < 1.29 is 19.4 Å². The quantitative estimate of drug-likeness (QED) is 0.704. The van der Waals surface area contributed by atoms with E-state index in [1.54, 1.807) is 18.2 Å². The van der Waals surface area contributed by atoms with Gasteiger partial charge in [0.2, 0.25) is 0 Å². The van der Waals surface area contributed by atoms with Crippen molar-refractivity contribution in [2.75, 3.05) is 11.5 Å². The van der Waals surface area contributed by atoms with Crippen LogP contribution in [-0.2, 0) is 9.53 Å². The Bertz CT molecular complexity index is 1010. The van der Waals surface area contributed by atoms with E-state index < -0.39 is 18.1 Å². The van der Waals surface area contributed by atoms with Crippen LogP contribution < -0.4 is 4.90 Å². The van der Waals surface area contributed by atoms with Crippen LogP contribution in [0.5, 0.6) is 0 Å². The standard InChI is InChI=1S/C23H20N2O4/c1-15(22(26)27)25(21-12-6-7-13-24-21)23(28)29-14-20-18-10-4-2-8-16(18)17-9-3-5-11-19(17)20/h2-13,15,20H,14H2,1H3,(H,26,27). The molecule has 1 N–H and O–H groups in total. The predicted octanol–water partition coefficient (Wildman–Crippen LogP) is 4.31. The summed E-state index contributed by atoms with van der Waals surface area (Å²) in [7, 11) is 0. The van der Waals surface area contributed by atoms with Gasteiger partial charge in [0.05, 0.1) is 0 Å². The maximum absolute atomic E-state index is 12.9. The highest BCUT2D eigenvalue weighted by molar-refractivity contribution is 5.94. The third kappa shape index (κ3) is 3.45. The highest BCUT2D eigenvalue weighted by atomic mass is 16.6. The summed E-state index contributed by atoms with van der Waals surface area (Å²) in [6.07, 6.45) is 0.772. The second-order valence-corrected chi connectivity index (χ2v) is 6.88. The lowest BCUT2D eigenvalue weighted by Gasteiger charge is -2.25. The van der Waals surface area contributed by atoms with E-state index in [9.17, 15) is 14.7 Å². The number of hydrogen-bond acceptors (Lipinski definition) is 4. The molecule has 29 heavy (non-hydrogen) atoms. The Labute approximate surface area is 168 Å². The van der Waals surface area contributed by atoms with Gasteiger partial charge in [-0.2, -0.15) is 0 Å².